The van der Waals surface area contributed by atoms with Gasteiger partial charge in [-0.05, 0) is 112 Å². The first-order valence-electron chi connectivity index (χ1n) is 12.9. The third-order valence-corrected chi connectivity index (χ3v) is 8.40. The van der Waals surface area contributed by atoms with Crippen LogP contribution in [0.15, 0.2) is 53.5 Å². The highest BCUT2D eigenvalue weighted by molar-refractivity contribution is 6.01. The van der Waals surface area contributed by atoms with Crippen LogP contribution < -0.4 is 20.6 Å². The molecule has 0 bridgehead atoms. The summed E-state index contributed by atoms with van der Waals surface area (Å²) in [4.78, 5) is 5.03. The number of benzene rings is 4. The van der Waals surface area contributed by atoms with Gasteiger partial charge in [0.05, 0.1) is 10.9 Å². The Labute approximate surface area is 206 Å². The number of hydrogen-bond donors (Lipinski definition) is 1. The molecule has 3 aliphatic rings. The van der Waals surface area contributed by atoms with Crippen molar-refractivity contribution in [2.75, 3.05) is 5.32 Å². The quantitative estimate of drug-likeness (QED) is 0.313. The van der Waals surface area contributed by atoms with E-state index in [1.54, 1.807) is 0 Å². The normalized spacial score (nSPS) is 19.1. The molecule has 7 rings (SSSR count). The van der Waals surface area contributed by atoms with Crippen LogP contribution in [0.25, 0.3) is 27.1 Å². The summed E-state index contributed by atoms with van der Waals surface area (Å²) in [5.74, 6) is 1.99. The lowest BCUT2D eigenvalue weighted by atomic mass is 9.85. The molecule has 3 nitrogen and oxygen atoms in total. The number of nitrogens with one attached hydrogen (secondary N) is 1. The molecule has 0 fully saturated rings. The third-order valence-electron chi connectivity index (χ3n) is 8.40. The summed E-state index contributed by atoms with van der Waals surface area (Å²) in [5, 5.41) is 11.1. The SMILES string of the molecule is CC1=c2ccc3c4c(ccc3c2Oc2c1ccc1c3c(ccc21)NC(C)(C)CC3)=NC(C)(C)CC4. The summed E-state index contributed by atoms with van der Waals surface area (Å²) < 4.78 is 6.87. The maximum Gasteiger partial charge on any atom is 0.142 e. The van der Waals surface area contributed by atoms with Gasteiger partial charge in [-0.15, -0.1) is 0 Å². The molecule has 0 aliphatic carbocycles. The molecular formula is C32H32N2O. The summed E-state index contributed by atoms with van der Waals surface area (Å²) in [7, 11) is 0. The number of rotatable bonds is 0. The van der Waals surface area contributed by atoms with Gasteiger partial charge in [0, 0.05) is 32.8 Å². The highest BCUT2D eigenvalue weighted by atomic mass is 16.5. The zero-order chi connectivity index (χ0) is 24.1. The predicted molar refractivity (Wildman–Crippen MR) is 145 cm³/mol. The van der Waals surface area contributed by atoms with Gasteiger partial charge in [-0.2, -0.15) is 0 Å². The van der Waals surface area contributed by atoms with Gasteiger partial charge < -0.3 is 10.1 Å². The molecule has 3 heterocycles. The number of hydrogen-bond acceptors (Lipinski definition) is 3. The lowest BCUT2D eigenvalue weighted by Crippen LogP contribution is -2.35. The van der Waals surface area contributed by atoms with E-state index >= 15 is 0 Å². The molecular weight excluding hydrogens is 428 g/mol. The van der Waals surface area contributed by atoms with E-state index in [9.17, 15) is 0 Å². The van der Waals surface area contributed by atoms with Crippen LogP contribution in [-0.2, 0) is 12.8 Å². The molecule has 4 aromatic carbocycles. The van der Waals surface area contributed by atoms with Gasteiger partial charge in [-0.1, -0.05) is 24.3 Å². The van der Waals surface area contributed by atoms with Gasteiger partial charge in [0.2, 0.25) is 0 Å². The van der Waals surface area contributed by atoms with Crippen LogP contribution in [0.2, 0.25) is 0 Å². The van der Waals surface area contributed by atoms with Crippen LogP contribution in [0.5, 0.6) is 11.5 Å². The fraction of sp³-hybridized carbons (Fsp3) is 0.344. The summed E-state index contributed by atoms with van der Waals surface area (Å²) in [6.07, 6.45) is 4.34. The zero-order valence-corrected chi connectivity index (χ0v) is 21.3. The number of ether oxygens (including phenoxy) is 1. The summed E-state index contributed by atoms with van der Waals surface area (Å²) >= 11 is 0. The Morgan fingerprint density at radius 2 is 1.43 bits per heavy atom. The predicted octanol–water partition coefficient (Wildman–Crippen LogP) is 6.80. The van der Waals surface area contributed by atoms with Crippen LogP contribution in [0, 0.1) is 0 Å². The first kappa shape index (κ1) is 21.0. The average molecular weight is 461 g/mol. The van der Waals surface area contributed by atoms with Gasteiger partial charge in [0.25, 0.3) is 0 Å². The Morgan fingerprint density at radius 1 is 0.743 bits per heavy atom. The van der Waals surface area contributed by atoms with Crippen molar-refractivity contribution in [2.24, 2.45) is 4.99 Å². The molecule has 0 unspecified atom stereocenters. The summed E-state index contributed by atoms with van der Waals surface area (Å²) in [6.45, 7) is 11.3. The summed E-state index contributed by atoms with van der Waals surface area (Å²) in [6, 6.07) is 18.0. The molecule has 0 saturated carbocycles. The standard InChI is InChI=1S/C32H32N2O/c1-18-19-6-8-21-23-14-16-31(2,3)33-27(23)12-10-25(21)29(19)35-30-20(18)7-9-22-24-15-17-32(4,5)34-28(24)13-11-26(22)30/h6-13,33H,14-17H2,1-5H3. The van der Waals surface area contributed by atoms with Gasteiger partial charge in [-0.25, -0.2) is 0 Å². The van der Waals surface area contributed by atoms with Crippen molar-refractivity contribution >= 4 is 32.8 Å². The van der Waals surface area contributed by atoms with Crippen molar-refractivity contribution in [1.82, 2.24) is 0 Å². The van der Waals surface area contributed by atoms with Crippen molar-refractivity contribution in [1.29, 1.82) is 0 Å². The van der Waals surface area contributed by atoms with E-state index in [1.807, 2.05) is 0 Å². The third kappa shape index (κ3) is 3.07. The second-order valence-corrected chi connectivity index (χ2v) is 11.9. The van der Waals surface area contributed by atoms with Crippen molar-refractivity contribution < 1.29 is 4.74 Å². The Bertz CT molecular complexity index is 1710. The van der Waals surface area contributed by atoms with Crippen LogP contribution in [0.3, 0.4) is 0 Å². The molecule has 176 valence electrons. The fourth-order valence-electron chi connectivity index (χ4n) is 6.36. The molecule has 3 aliphatic heterocycles. The number of nitrogens with zero attached hydrogens (tertiary/aromatic N) is 1. The Morgan fingerprint density at radius 3 is 2.29 bits per heavy atom. The van der Waals surface area contributed by atoms with Crippen molar-refractivity contribution in [3.05, 3.63) is 75.8 Å². The van der Waals surface area contributed by atoms with Gasteiger partial charge >= 0.3 is 0 Å². The fourth-order valence-corrected chi connectivity index (χ4v) is 6.36. The minimum absolute atomic E-state index is 0.0107. The van der Waals surface area contributed by atoms with E-state index in [4.69, 9.17) is 9.73 Å². The van der Waals surface area contributed by atoms with E-state index in [-0.39, 0.29) is 11.1 Å². The minimum Gasteiger partial charge on any atom is -0.455 e. The van der Waals surface area contributed by atoms with E-state index in [0.717, 1.165) is 42.5 Å². The van der Waals surface area contributed by atoms with Crippen molar-refractivity contribution in [3.63, 3.8) is 0 Å². The maximum absolute atomic E-state index is 6.87. The number of fused-ring (bicyclic) bond motifs is 10. The molecule has 0 spiro atoms. The lowest BCUT2D eigenvalue weighted by molar-refractivity contribution is 0.450. The highest BCUT2D eigenvalue weighted by Gasteiger charge is 2.28. The molecule has 0 radical (unpaired) electrons. The van der Waals surface area contributed by atoms with E-state index in [0.29, 0.717) is 0 Å². The molecule has 1 N–H and O–H groups in total. The van der Waals surface area contributed by atoms with E-state index < -0.39 is 0 Å². The van der Waals surface area contributed by atoms with Gasteiger partial charge in [-0.3, -0.25) is 4.99 Å². The first-order chi connectivity index (χ1) is 16.7. The lowest BCUT2D eigenvalue weighted by Gasteiger charge is -2.34. The van der Waals surface area contributed by atoms with Crippen LogP contribution in [0.4, 0.5) is 5.69 Å². The second kappa shape index (κ2) is 6.87. The molecule has 4 aromatic rings. The van der Waals surface area contributed by atoms with Crippen LogP contribution >= 0.6 is 0 Å². The highest BCUT2D eigenvalue weighted by Crippen LogP contribution is 2.44. The van der Waals surface area contributed by atoms with Crippen LogP contribution in [0.1, 0.15) is 64.2 Å². The van der Waals surface area contributed by atoms with Crippen molar-refractivity contribution in [2.45, 2.75) is 71.4 Å². The molecule has 0 atom stereocenters. The molecule has 3 heteroatoms. The van der Waals surface area contributed by atoms with Gasteiger partial charge in [0.15, 0.2) is 0 Å². The van der Waals surface area contributed by atoms with Crippen molar-refractivity contribution in [3.8, 4) is 11.5 Å². The number of aryl methyl sites for hydroxylation is 2. The van der Waals surface area contributed by atoms with Crippen LogP contribution in [-0.4, -0.2) is 11.1 Å². The largest absolute Gasteiger partial charge is 0.455 e. The number of anilines is 1. The molecule has 35 heavy (non-hydrogen) atoms. The van der Waals surface area contributed by atoms with Gasteiger partial charge in [0.1, 0.15) is 11.5 Å². The van der Waals surface area contributed by atoms with E-state index in [2.05, 4.69) is 88.5 Å². The topological polar surface area (TPSA) is 33.6 Å². The second-order valence-electron chi connectivity index (χ2n) is 11.9. The molecule has 0 aromatic heterocycles. The summed E-state index contributed by atoms with van der Waals surface area (Å²) in [5.41, 5.74) is 6.65. The minimum atomic E-state index is 0.0107. The average Bonchev–Trinajstić information content (AvgIpc) is 2.81. The smallest absolute Gasteiger partial charge is 0.142 e. The first-order valence-corrected chi connectivity index (χ1v) is 12.9. The van der Waals surface area contributed by atoms with E-state index in [1.165, 1.54) is 54.7 Å². The Balaban J connectivity index is 1.46. The molecule has 0 saturated heterocycles. The Kier molecular flexibility index (Phi) is 4.12. The Hall–Kier alpha value is -3.33. The molecule has 0 amide bonds. The maximum atomic E-state index is 6.87. The monoisotopic (exact) mass is 460 g/mol. The zero-order valence-electron chi connectivity index (χ0n) is 21.3.